The molecule has 0 saturated heterocycles. The molecule has 0 saturated carbocycles. The Bertz CT molecular complexity index is 608. The maximum absolute atomic E-state index is 9.97. The van der Waals surface area contributed by atoms with Gasteiger partial charge in [0.15, 0.2) is 11.5 Å². The molecule has 1 N–H and O–H groups in total. The van der Waals surface area contributed by atoms with Crippen LogP contribution in [0.1, 0.15) is 24.1 Å². The molecule has 2 aromatic carbocycles. The minimum atomic E-state index is -0.0159. The molecule has 0 aromatic heterocycles. The maximum atomic E-state index is 9.97. The molecule has 20 heavy (non-hydrogen) atoms. The van der Waals surface area contributed by atoms with E-state index in [0.29, 0.717) is 16.3 Å². The number of ether oxygens (including phenoxy) is 1. The molecule has 0 aliphatic heterocycles. The lowest BCUT2D eigenvalue weighted by Crippen LogP contribution is -1.92. The van der Waals surface area contributed by atoms with Crippen LogP contribution in [0.4, 0.5) is 0 Å². The summed E-state index contributed by atoms with van der Waals surface area (Å²) >= 11 is 5.86. The van der Waals surface area contributed by atoms with E-state index >= 15 is 0 Å². The van der Waals surface area contributed by atoms with E-state index in [0.717, 1.165) is 5.56 Å². The van der Waals surface area contributed by atoms with Crippen LogP contribution in [0.5, 0.6) is 11.5 Å². The van der Waals surface area contributed by atoms with Crippen molar-refractivity contribution >= 4 is 17.8 Å². The van der Waals surface area contributed by atoms with Gasteiger partial charge in [-0.1, -0.05) is 29.8 Å². The summed E-state index contributed by atoms with van der Waals surface area (Å²) in [6.45, 7) is 1.98. The summed E-state index contributed by atoms with van der Waals surface area (Å²) in [6.07, 6.45) is 1.65. The van der Waals surface area contributed by atoms with Crippen molar-refractivity contribution in [2.45, 2.75) is 13.0 Å². The molecular weight excluding hydrogens is 274 g/mol. The van der Waals surface area contributed by atoms with Gasteiger partial charge in [0.1, 0.15) is 0 Å². The van der Waals surface area contributed by atoms with Gasteiger partial charge >= 0.3 is 0 Å². The molecule has 0 bridgehead atoms. The molecule has 0 fully saturated rings. The van der Waals surface area contributed by atoms with Crippen LogP contribution in [0, 0.1) is 0 Å². The Hall–Kier alpha value is -2.00. The molecule has 0 aliphatic carbocycles. The maximum Gasteiger partial charge on any atom is 0.166 e. The SMILES string of the molecule is COc1cccc(C=N[C@@H](C)c2ccc(Cl)cc2)c1O. The molecule has 3 nitrogen and oxygen atoms in total. The topological polar surface area (TPSA) is 41.8 Å². The number of aliphatic imine (C=N–C) groups is 1. The van der Waals surface area contributed by atoms with Crippen molar-refractivity contribution in [3.63, 3.8) is 0 Å². The second-order valence-electron chi connectivity index (χ2n) is 4.40. The highest BCUT2D eigenvalue weighted by Crippen LogP contribution is 2.28. The first-order valence-electron chi connectivity index (χ1n) is 6.26. The number of rotatable bonds is 4. The number of benzene rings is 2. The molecule has 0 spiro atoms. The average Bonchev–Trinajstić information content (AvgIpc) is 2.46. The van der Waals surface area contributed by atoms with Crippen LogP contribution >= 0.6 is 11.6 Å². The van der Waals surface area contributed by atoms with Gasteiger partial charge in [-0.3, -0.25) is 4.99 Å². The van der Waals surface area contributed by atoms with Crippen LogP contribution in [-0.2, 0) is 0 Å². The van der Waals surface area contributed by atoms with Gasteiger partial charge in [-0.2, -0.15) is 0 Å². The molecule has 1 atom stereocenters. The summed E-state index contributed by atoms with van der Waals surface area (Å²) in [4.78, 5) is 4.45. The molecule has 2 rings (SSSR count). The molecule has 4 heteroatoms. The molecule has 0 unspecified atom stereocenters. The third-order valence-corrected chi connectivity index (χ3v) is 3.29. The lowest BCUT2D eigenvalue weighted by molar-refractivity contribution is 0.373. The van der Waals surface area contributed by atoms with Crippen molar-refractivity contribution in [1.82, 2.24) is 0 Å². The predicted octanol–water partition coefficient (Wildman–Crippen LogP) is 4.23. The summed E-state index contributed by atoms with van der Waals surface area (Å²) in [5, 5.41) is 10.7. The van der Waals surface area contributed by atoms with Crippen molar-refractivity contribution in [1.29, 1.82) is 0 Å². The van der Waals surface area contributed by atoms with Gasteiger partial charge in [0, 0.05) is 16.8 Å². The van der Waals surface area contributed by atoms with Crippen molar-refractivity contribution in [2.24, 2.45) is 4.99 Å². The van der Waals surface area contributed by atoms with E-state index in [1.807, 2.05) is 37.3 Å². The quantitative estimate of drug-likeness (QED) is 0.856. The zero-order valence-electron chi connectivity index (χ0n) is 11.4. The Morgan fingerprint density at radius 2 is 1.90 bits per heavy atom. The molecule has 104 valence electrons. The van der Waals surface area contributed by atoms with E-state index in [2.05, 4.69) is 4.99 Å². The van der Waals surface area contributed by atoms with E-state index < -0.39 is 0 Å². The number of aromatic hydroxyl groups is 1. The van der Waals surface area contributed by atoms with E-state index in [1.54, 1.807) is 18.3 Å². The number of para-hydroxylation sites is 1. The first kappa shape index (κ1) is 14.4. The zero-order valence-corrected chi connectivity index (χ0v) is 12.1. The number of phenols is 1. The molecule has 0 heterocycles. The fourth-order valence-electron chi connectivity index (χ4n) is 1.83. The lowest BCUT2D eigenvalue weighted by Gasteiger charge is -2.08. The fraction of sp³-hybridized carbons (Fsp3) is 0.188. The number of halogens is 1. The van der Waals surface area contributed by atoms with Gasteiger partial charge < -0.3 is 9.84 Å². The van der Waals surface area contributed by atoms with Crippen molar-refractivity contribution in [3.8, 4) is 11.5 Å². The van der Waals surface area contributed by atoms with E-state index in [1.165, 1.54) is 7.11 Å². The van der Waals surface area contributed by atoms with Gasteiger partial charge in [-0.25, -0.2) is 0 Å². The Balaban J connectivity index is 2.19. The first-order chi connectivity index (χ1) is 9.61. The highest BCUT2D eigenvalue weighted by atomic mass is 35.5. The van der Waals surface area contributed by atoms with Gasteiger partial charge in [-0.05, 0) is 36.8 Å². The van der Waals surface area contributed by atoms with Crippen LogP contribution in [0.15, 0.2) is 47.5 Å². The second-order valence-corrected chi connectivity index (χ2v) is 4.84. The number of hydrogen-bond acceptors (Lipinski definition) is 3. The molecule has 0 aliphatic rings. The highest BCUT2D eigenvalue weighted by Gasteiger charge is 2.06. The third-order valence-electron chi connectivity index (χ3n) is 3.04. The minimum absolute atomic E-state index is 0.0159. The van der Waals surface area contributed by atoms with E-state index in [9.17, 15) is 5.11 Å². The third kappa shape index (κ3) is 3.31. The summed E-state index contributed by atoms with van der Waals surface area (Å²) in [6, 6.07) is 12.8. The summed E-state index contributed by atoms with van der Waals surface area (Å²) < 4.78 is 5.06. The summed E-state index contributed by atoms with van der Waals surface area (Å²) in [5.74, 6) is 0.537. The Morgan fingerprint density at radius 1 is 1.20 bits per heavy atom. The van der Waals surface area contributed by atoms with Crippen molar-refractivity contribution in [2.75, 3.05) is 7.11 Å². The molecule has 2 aromatic rings. The first-order valence-corrected chi connectivity index (χ1v) is 6.64. The van der Waals surface area contributed by atoms with Crippen LogP contribution < -0.4 is 4.74 Å². The highest BCUT2D eigenvalue weighted by molar-refractivity contribution is 6.30. The van der Waals surface area contributed by atoms with Crippen molar-refractivity contribution in [3.05, 3.63) is 58.6 Å². The second kappa shape index (κ2) is 6.44. The lowest BCUT2D eigenvalue weighted by atomic mass is 10.1. The predicted molar refractivity (Wildman–Crippen MR) is 82.1 cm³/mol. The number of hydrogen-bond donors (Lipinski definition) is 1. The number of phenolic OH excluding ortho intramolecular Hbond substituents is 1. The Morgan fingerprint density at radius 3 is 2.55 bits per heavy atom. The van der Waals surface area contributed by atoms with Gasteiger partial charge in [0.2, 0.25) is 0 Å². The van der Waals surface area contributed by atoms with Gasteiger partial charge in [0.25, 0.3) is 0 Å². The van der Waals surface area contributed by atoms with Gasteiger partial charge in [-0.15, -0.1) is 0 Å². The number of nitrogens with zero attached hydrogens (tertiary/aromatic N) is 1. The van der Waals surface area contributed by atoms with Crippen molar-refractivity contribution < 1.29 is 9.84 Å². The van der Waals surface area contributed by atoms with Gasteiger partial charge in [0.05, 0.1) is 13.2 Å². The Labute approximate surface area is 123 Å². The molecule has 0 amide bonds. The van der Waals surface area contributed by atoms with Crippen LogP contribution in [0.3, 0.4) is 0 Å². The molecule has 0 radical (unpaired) electrons. The van der Waals surface area contributed by atoms with Crippen LogP contribution in [0.2, 0.25) is 5.02 Å². The standard InChI is InChI=1S/C16H16ClNO2/c1-11(12-6-8-14(17)9-7-12)18-10-13-4-3-5-15(20-2)16(13)19/h3-11,19H,1-2H3/t11-/m0/s1. The normalized spacial score (nSPS) is 12.6. The summed E-state index contributed by atoms with van der Waals surface area (Å²) in [5.41, 5.74) is 1.69. The monoisotopic (exact) mass is 289 g/mol. The smallest absolute Gasteiger partial charge is 0.166 e. The Kier molecular flexibility index (Phi) is 4.64. The van der Waals surface area contributed by atoms with E-state index in [4.69, 9.17) is 16.3 Å². The number of methoxy groups -OCH3 is 1. The minimum Gasteiger partial charge on any atom is -0.504 e. The summed E-state index contributed by atoms with van der Waals surface area (Å²) in [7, 11) is 1.52. The average molecular weight is 290 g/mol. The van der Waals surface area contributed by atoms with E-state index in [-0.39, 0.29) is 11.8 Å². The zero-order chi connectivity index (χ0) is 14.5. The largest absolute Gasteiger partial charge is 0.504 e. The van der Waals surface area contributed by atoms with Crippen LogP contribution in [0.25, 0.3) is 0 Å². The van der Waals surface area contributed by atoms with Crippen LogP contribution in [-0.4, -0.2) is 18.4 Å². The molecular formula is C16H16ClNO2. The fourth-order valence-corrected chi connectivity index (χ4v) is 1.95.